The Morgan fingerprint density at radius 1 is 1.26 bits per heavy atom. The molecule has 0 aromatic rings. The smallest absolute Gasteiger partial charge is 0.243 e. The van der Waals surface area contributed by atoms with Gasteiger partial charge in [-0.1, -0.05) is 13.3 Å². The number of unbranched alkanes of at least 4 members (excludes halogenated alkanes) is 1. The van der Waals surface area contributed by atoms with Crippen molar-refractivity contribution in [2.75, 3.05) is 53.4 Å². The van der Waals surface area contributed by atoms with Gasteiger partial charge >= 0.3 is 0 Å². The first-order valence-electron chi connectivity index (χ1n) is 10.2. The molecule has 2 heterocycles. The molecule has 2 fully saturated rings. The number of likely N-dealkylation sites (N-methyl/N-ethyl adjacent to an activating group) is 1. The lowest BCUT2D eigenvalue weighted by Crippen LogP contribution is -2.50. The molecule has 8 heteroatoms. The molecule has 2 rings (SSSR count). The van der Waals surface area contributed by atoms with Crippen molar-refractivity contribution in [2.24, 2.45) is 4.99 Å². The maximum atomic E-state index is 11.9. The summed E-state index contributed by atoms with van der Waals surface area (Å²) in [4.78, 5) is 20.5. The Labute approximate surface area is 181 Å². The minimum absolute atomic E-state index is 0. The van der Waals surface area contributed by atoms with E-state index in [-0.39, 0.29) is 42.5 Å². The molecule has 0 spiro atoms. The second-order valence-corrected chi connectivity index (χ2v) is 7.58. The number of rotatable bonds is 8. The first-order valence-corrected chi connectivity index (χ1v) is 10.2. The van der Waals surface area contributed by atoms with E-state index in [9.17, 15) is 4.79 Å². The zero-order valence-electron chi connectivity index (χ0n) is 17.2. The van der Waals surface area contributed by atoms with Crippen LogP contribution in [0.15, 0.2) is 4.99 Å². The first-order chi connectivity index (χ1) is 12.6. The van der Waals surface area contributed by atoms with Gasteiger partial charge < -0.3 is 25.2 Å². The number of ether oxygens (including phenoxy) is 1. The van der Waals surface area contributed by atoms with E-state index in [1.807, 2.05) is 0 Å². The van der Waals surface area contributed by atoms with Gasteiger partial charge in [0.15, 0.2) is 5.96 Å². The van der Waals surface area contributed by atoms with Gasteiger partial charge in [-0.15, -0.1) is 24.0 Å². The van der Waals surface area contributed by atoms with Gasteiger partial charge in [0.25, 0.3) is 0 Å². The molecule has 1 unspecified atom stereocenters. The number of carbonyl (C=O) groups is 1. The Balaban J connectivity index is 0.00000364. The van der Waals surface area contributed by atoms with Crippen LogP contribution in [0.4, 0.5) is 0 Å². The van der Waals surface area contributed by atoms with Crippen LogP contribution in [-0.2, 0) is 9.53 Å². The number of piperidine rings is 1. The number of amides is 1. The fraction of sp³-hybridized carbons (Fsp3) is 0.895. The summed E-state index contributed by atoms with van der Waals surface area (Å²) < 4.78 is 5.68. The van der Waals surface area contributed by atoms with Crippen molar-refractivity contribution in [3.63, 3.8) is 0 Å². The van der Waals surface area contributed by atoms with Gasteiger partial charge in [-0.2, -0.15) is 0 Å². The van der Waals surface area contributed by atoms with Gasteiger partial charge in [-0.05, 0) is 38.6 Å². The van der Waals surface area contributed by atoms with E-state index < -0.39 is 0 Å². The minimum atomic E-state index is 0. The monoisotopic (exact) mass is 495 g/mol. The van der Waals surface area contributed by atoms with Gasteiger partial charge in [0, 0.05) is 46.4 Å². The number of aliphatic imine (C=N–C) groups is 1. The van der Waals surface area contributed by atoms with Crippen molar-refractivity contribution in [3.8, 4) is 0 Å². The van der Waals surface area contributed by atoms with Gasteiger partial charge in [0.2, 0.25) is 5.91 Å². The molecule has 158 valence electrons. The Morgan fingerprint density at radius 3 is 2.59 bits per heavy atom. The fourth-order valence-corrected chi connectivity index (χ4v) is 3.33. The average molecular weight is 495 g/mol. The van der Waals surface area contributed by atoms with Crippen LogP contribution in [0.3, 0.4) is 0 Å². The van der Waals surface area contributed by atoms with E-state index in [4.69, 9.17) is 4.74 Å². The van der Waals surface area contributed by atoms with Crippen LogP contribution < -0.4 is 10.6 Å². The maximum absolute atomic E-state index is 11.9. The van der Waals surface area contributed by atoms with Crippen molar-refractivity contribution in [1.82, 2.24) is 20.4 Å². The number of hydrogen-bond acceptors (Lipinski definition) is 4. The number of nitrogens with zero attached hydrogens (tertiary/aromatic N) is 3. The highest BCUT2D eigenvalue weighted by Gasteiger charge is 2.21. The van der Waals surface area contributed by atoms with Crippen LogP contribution >= 0.6 is 24.0 Å². The Bertz CT molecular complexity index is 447. The molecule has 0 aromatic carbocycles. The molecule has 2 aliphatic heterocycles. The molecule has 2 saturated heterocycles. The van der Waals surface area contributed by atoms with E-state index in [0.717, 1.165) is 57.9 Å². The zero-order valence-corrected chi connectivity index (χ0v) is 19.5. The lowest BCUT2D eigenvalue weighted by molar-refractivity contribution is -0.127. The average Bonchev–Trinajstić information content (AvgIpc) is 3.16. The normalized spacial score (nSPS) is 21.6. The van der Waals surface area contributed by atoms with Gasteiger partial charge in [0.05, 0.1) is 6.10 Å². The zero-order chi connectivity index (χ0) is 18.8. The predicted molar refractivity (Wildman–Crippen MR) is 121 cm³/mol. The standard InChI is InChI=1S/C19H37N5O2.HI/c1-4-5-10-24-11-8-16(9-12-24)22-19(21-15-18(25)23(2)3)20-14-17-7-6-13-26-17;/h16-17H,4-15H2,1-3H3,(H2,20,21,22);1H. The maximum Gasteiger partial charge on any atom is 0.243 e. The summed E-state index contributed by atoms with van der Waals surface area (Å²) in [6, 6.07) is 0.415. The second-order valence-electron chi connectivity index (χ2n) is 7.58. The van der Waals surface area contributed by atoms with E-state index in [1.54, 1.807) is 19.0 Å². The summed E-state index contributed by atoms with van der Waals surface area (Å²) in [6.07, 6.45) is 7.23. The molecule has 0 aliphatic carbocycles. The number of hydrogen-bond donors (Lipinski definition) is 2. The van der Waals surface area contributed by atoms with E-state index in [0.29, 0.717) is 6.04 Å². The molecule has 2 aliphatic rings. The van der Waals surface area contributed by atoms with Gasteiger partial charge in [-0.25, -0.2) is 4.99 Å². The van der Waals surface area contributed by atoms with Crippen LogP contribution in [0.2, 0.25) is 0 Å². The van der Waals surface area contributed by atoms with Crippen molar-refractivity contribution in [2.45, 2.75) is 57.6 Å². The Morgan fingerprint density at radius 2 is 2.00 bits per heavy atom. The Hall–Kier alpha value is -0.610. The lowest BCUT2D eigenvalue weighted by atomic mass is 10.0. The summed E-state index contributed by atoms with van der Waals surface area (Å²) in [5.74, 6) is 0.750. The number of likely N-dealkylation sites (tertiary alicyclic amines) is 1. The van der Waals surface area contributed by atoms with Crippen molar-refractivity contribution < 1.29 is 9.53 Å². The van der Waals surface area contributed by atoms with Crippen molar-refractivity contribution in [1.29, 1.82) is 0 Å². The molecule has 0 radical (unpaired) electrons. The molecular weight excluding hydrogens is 457 g/mol. The first kappa shape index (κ1) is 24.4. The topological polar surface area (TPSA) is 69.2 Å². The van der Waals surface area contributed by atoms with E-state index in [2.05, 4.69) is 27.4 Å². The SMILES string of the molecule is CCCCN1CCC(NC(=NCC(=O)N(C)C)NCC2CCCO2)CC1.I. The molecule has 0 saturated carbocycles. The molecule has 0 bridgehead atoms. The molecule has 7 nitrogen and oxygen atoms in total. The summed E-state index contributed by atoms with van der Waals surface area (Å²) in [7, 11) is 3.52. The third kappa shape index (κ3) is 9.43. The van der Waals surface area contributed by atoms with Gasteiger partial charge in [0.1, 0.15) is 6.54 Å². The number of carbonyl (C=O) groups excluding carboxylic acids is 1. The van der Waals surface area contributed by atoms with Crippen LogP contribution in [0.1, 0.15) is 45.4 Å². The number of guanidine groups is 1. The summed E-state index contributed by atoms with van der Waals surface area (Å²) in [5.41, 5.74) is 0. The summed E-state index contributed by atoms with van der Waals surface area (Å²) in [5, 5.41) is 6.92. The fourth-order valence-electron chi connectivity index (χ4n) is 3.33. The van der Waals surface area contributed by atoms with Crippen LogP contribution in [0.25, 0.3) is 0 Å². The summed E-state index contributed by atoms with van der Waals surface area (Å²) >= 11 is 0. The molecule has 27 heavy (non-hydrogen) atoms. The third-order valence-corrected chi connectivity index (χ3v) is 5.15. The minimum Gasteiger partial charge on any atom is -0.376 e. The van der Waals surface area contributed by atoms with Crippen LogP contribution in [0, 0.1) is 0 Å². The third-order valence-electron chi connectivity index (χ3n) is 5.15. The highest BCUT2D eigenvalue weighted by molar-refractivity contribution is 14.0. The quantitative estimate of drug-likeness (QED) is 0.305. The second kappa shape index (κ2) is 13.5. The lowest BCUT2D eigenvalue weighted by Gasteiger charge is -2.33. The molecule has 0 aromatic heterocycles. The summed E-state index contributed by atoms with van der Waals surface area (Å²) in [6.45, 7) is 7.48. The van der Waals surface area contributed by atoms with E-state index in [1.165, 1.54) is 19.4 Å². The molecule has 1 amide bonds. The Kier molecular flexibility index (Phi) is 12.3. The van der Waals surface area contributed by atoms with Crippen LogP contribution in [-0.4, -0.2) is 87.2 Å². The molecular formula is C19H38IN5O2. The molecule has 2 N–H and O–H groups in total. The molecule has 1 atom stereocenters. The highest BCUT2D eigenvalue weighted by atomic mass is 127. The van der Waals surface area contributed by atoms with Crippen molar-refractivity contribution >= 4 is 35.8 Å². The number of nitrogens with one attached hydrogen (secondary N) is 2. The highest BCUT2D eigenvalue weighted by Crippen LogP contribution is 2.12. The number of halogens is 1. The van der Waals surface area contributed by atoms with Crippen molar-refractivity contribution in [3.05, 3.63) is 0 Å². The van der Waals surface area contributed by atoms with Gasteiger partial charge in [-0.3, -0.25) is 4.79 Å². The predicted octanol–water partition coefficient (Wildman–Crippen LogP) is 1.67. The van der Waals surface area contributed by atoms with E-state index >= 15 is 0 Å². The largest absolute Gasteiger partial charge is 0.376 e. The van der Waals surface area contributed by atoms with Crippen LogP contribution in [0.5, 0.6) is 0 Å².